The molecule has 0 aliphatic heterocycles. The van der Waals surface area contributed by atoms with Gasteiger partial charge in [0.15, 0.2) is 11.6 Å². The van der Waals surface area contributed by atoms with Crippen LogP contribution in [0.5, 0.6) is 0 Å². The Labute approximate surface area is 96.7 Å². The third-order valence-corrected chi connectivity index (χ3v) is 2.58. The van der Waals surface area contributed by atoms with Crippen molar-refractivity contribution in [3.63, 3.8) is 0 Å². The minimum Gasteiger partial charge on any atom is -0.355 e. The first-order chi connectivity index (χ1) is 7.74. The zero-order valence-electron chi connectivity index (χ0n) is 10.3. The van der Waals surface area contributed by atoms with Gasteiger partial charge in [-0.25, -0.2) is 9.37 Å². The summed E-state index contributed by atoms with van der Waals surface area (Å²) in [6.07, 6.45) is 1.67. The zero-order valence-corrected chi connectivity index (χ0v) is 10.3. The van der Waals surface area contributed by atoms with Gasteiger partial charge in [-0.15, -0.1) is 0 Å². The van der Waals surface area contributed by atoms with Gasteiger partial charge < -0.3 is 10.2 Å². The maximum Gasteiger partial charge on any atom is 0.170 e. The lowest BCUT2D eigenvalue weighted by atomic mass is 10.2. The lowest BCUT2D eigenvalue weighted by molar-refractivity contribution is 0.581. The number of nitrogens with zero attached hydrogens (tertiary/aromatic N) is 2. The van der Waals surface area contributed by atoms with Gasteiger partial charge in [-0.2, -0.15) is 0 Å². The quantitative estimate of drug-likeness (QED) is 0.804. The van der Waals surface area contributed by atoms with E-state index in [1.54, 1.807) is 12.3 Å². The predicted molar refractivity (Wildman–Crippen MR) is 65.1 cm³/mol. The van der Waals surface area contributed by atoms with E-state index in [4.69, 9.17) is 0 Å². The normalized spacial score (nSPS) is 10.5. The lowest BCUT2D eigenvalue weighted by Crippen LogP contribution is -2.25. The van der Waals surface area contributed by atoms with Crippen LogP contribution in [0.25, 0.3) is 0 Å². The van der Waals surface area contributed by atoms with Gasteiger partial charge in [0.2, 0.25) is 0 Å². The Balaban J connectivity index is 2.93. The molecule has 1 rings (SSSR count). The number of aromatic nitrogens is 1. The molecular weight excluding hydrogens is 205 g/mol. The summed E-state index contributed by atoms with van der Waals surface area (Å²) < 4.78 is 14.1. The van der Waals surface area contributed by atoms with Crippen molar-refractivity contribution in [2.45, 2.75) is 27.3 Å². The third kappa shape index (κ3) is 2.92. The van der Waals surface area contributed by atoms with E-state index in [2.05, 4.69) is 10.3 Å². The maximum atomic E-state index is 14.1. The van der Waals surface area contributed by atoms with Gasteiger partial charge in [0.05, 0.1) is 0 Å². The van der Waals surface area contributed by atoms with Crippen LogP contribution < -0.4 is 10.2 Å². The SMILES string of the molecule is CCNCc1ccnc(N(CC)CC)c1F. The second-order valence-corrected chi connectivity index (χ2v) is 3.56. The summed E-state index contributed by atoms with van der Waals surface area (Å²) in [5, 5.41) is 3.12. The first-order valence-electron chi connectivity index (χ1n) is 5.83. The molecular formula is C12H20FN3. The van der Waals surface area contributed by atoms with Crippen molar-refractivity contribution < 1.29 is 4.39 Å². The number of pyridine rings is 1. The Bertz CT molecular complexity index is 324. The molecule has 1 aromatic heterocycles. The fourth-order valence-corrected chi connectivity index (χ4v) is 1.61. The average molecular weight is 225 g/mol. The molecule has 16 heavy (non-hydrogen) atoms. The predicted octanol–water partition coefficient (Wildman–Crippen LogP) is 2.18. The number of halogens is 1. The standard InChI is InChI=1S/C12H20FN3/c1-4-14-9-10-7-8-15-12(11(10)13)16(5-2)6-3/h7-8,14H,4-6,9H2,1-3H3. The minimum absolute atomic E-state index is 0.202. The summed E-state index contributed by atoms with van der Waals surface area (Å²) in [5.74, 6) is 0.257. The maximum absolute atomic E-state index is 14.1. The van der Waals surface area contributed by atoms with Crippen molar-refractivity contribution >= 4 is 5.82 Å². The molecule has 1 aromatic rings. The molecule has 3 nitrogen and oxygen atoms in total. The molecule has 1 heterocycles. The lowest BCUT2D eigenvalue weighted by Gasteiger charge is -2.21. The van der Waals surface area contributed by atoms with E-state index in [9.17, 15) is 4.39 Å². The van der Waals surface area contributed by atoms with Crippen molar-refractivity contribution in [1.29, 1.82) is 0 Å². The van der Waals surface area contributed by atoms with Gasteiger partial charge in [0.25, 0.3) is 0 Å². The van der Waals surface area contributed by atoms with Gasteiger partial charge in [-0.3, -0.25) is 0 Å². The molecule has 1 N–H and O–H groups in total. The molecule has 0 unspecified atom stereocenters. The molecule has 0 saturated heterocycles. The largest absolute Gasteiger partial charge is 0.355 e. The average Bonchev–Trinajstić information content (AvgIpc) is 2.31. The second-order valence-electron chi connectivity index (χ2n) is 3.56. The van der Waals surface area contributed by atoms with Crippen molar-refractivity contribution in [2.24, 2.45) is 0 Å². The smallest absolute Gasteiger partial charge is 0.170 e. The monoisotopic (exact) mass is 225 g/mol. The molecule has 0 amide bonds. The molecule has 0 aliphatic carbocycles. The topological polar surface area (TPSA) is 28.2 Å². The zero-order chi connectivity index (χ0) is 12.0. The van der Waals surface area contributed by atoms with E-state index in [0.717, 1.165) is 19.6 Å². The van der Waals surface area contributed by atoms with Crippen LogP contribution in [0.1, 0.15) is 26.3 Å². The number of nitrogens with one attached hydrogen (secondary N) is 1. The summed E-state index contributed by atoms with van der Waals surface area (Å²) in [7, 11) is 0. The van der Waals surface area contributed by atoms with E-state index in [-0.39, 0.29) is 5.82 Å². The van der Waals surface area contributed by atoms with Crippen LogP contribution >= 0.6 is 0 Å². The fourth-order valence-electron chi connectivity index (χ4n) is 1.61. The highest BCUT2D eigenvalue weighted by atomic mass is 19.1. The molecule has 0 saturated carbocycles. The minimum atomic E-state index is -0.202. The summed E-state index contributed by atoms with van der Waals surface area (Å²) in [5.41, 5.74) is 0.679. The molecule has 0 radical (unpaired) electrons. The Hall–Kier alpha value is -1.16. The first kappa shape index (κ1) is 12.9. The fraction of sp³-hybridized carbons (Fsp3) is 0.583. The van der Waals surface area contributed by atoms with Crippen molar-refractivity contribution in [1.82, 2.24) is 10.3 Å². The van der Waals surface area contributed by atoms with Crippen molar-refractivity contribution in [3.8, 4) is 0 Å². The van der Waals surface area contributed by atoms with Gasteiger partial charge in [-0.1, -0.05) is 6.92 Å². The number of rotatable bonds is 6. The summed E-state index contributed by atoms with van der Waals surface area (Å²) in [6.45, 7) is 8.94. The van der Waals surface area contributed by atoms with Crippen LogP contribution in [0.2, 0.25) is 0 Å². The second kappa shape index (κ2) is 6.43. The van der Waals surface area contributed by atoms with Gasteiger partial charge >= 0.3 is 0 Å². The molecule has 0 spiro atoms. The third-order valence-electron chi connectivity index (χ3n) is 2.58. The van der Waals surface area contributed by atoms with Gasteiger partial charge in [0.1, 0.15) is 0 Å². The first-order valence-corrected chi connectivity index (χ1v) is 5.83. The van der Waals surface area contributed by atoms with Gasteiger partial charge in [-0.05, 0) is 26.5 Å². The highest BCUT2D eigenvalue weighted by Gasteiger charge is 2.13. The molecule has 0 aromatic carbocycles. The molecule has 0 fully saturated rings. The van der Waals surface area contributed by atoms with Crippen LogP contribution in [0.3, 0.4) is 0 Å². The van der Waals surface area contributed by atoms with E-state index in [1.807, 2.05) is 25.7 Å². The summed E-state index contributed by atoms with van der Waals surface area (Å²) in [6, 6.07) is 1.73. The Kier molecular flexibility index (Phi) is 5.19. The van der Waals surface area contributed by atoms with Crippen LogP contribution in [0, 0.1) is 5.82 Å². The Morgan fingerprint density at radius 2 is 2.00 bits per heavy atom. The highest BCUT2D eigenvalue weighted by Crippen LogP contribution is 2.18. The van der Waals surface area contributed by atoms with Crippen LogP contribution in [-0.2, 0) is 6.54 Å². The highest BCUT2D eigenvalue weighted by molar-refractivity contribution is 5.42. The Morgan fingerprint density at radius 3 is 2.56 bits per heavy atom. The molecule has 0 aliphatic rings. The number of hydrogen-bond donors (Lipinski definition) is 1. The summed E-state index contributed by atoms with van der Waals surface area (Å²) >= 11 is 0. The van der Waals surface area contributed by atoms with Crippen molar-refractivity contribution in [3.05, 3.63) is 23.6 Å². The van der Waals surface area contributed by atoms with E-state index >= 15 is 0 Å². The van der Waals surface area contributed by atoms with Crippen LogP contribution in [-0.4, -0.2) is 24.6 Å². The molecule has 90 valence electrons. The summed E-state index contributed by atoms with van der Waals surface area (Å²) in [4.78, 5) is 6.03. The van der Waals surface area contributed by atoms with E-state index in [1.165, 1.54) is 0 Å². The molecule has 4 heteroatoms. The molecule has 0 atom stereocenters. The van der Waals surface area contributed by atoms with E-state index in [0.29, 0.717) is 17.9 Å². The van der Waals surface area contributed by atoms with Crippen LogP contribution in [0.4, 0.5) is 10.2 Å². The van der Waals surface area contributed by atoms with Crippen LogP contribution in [0.15, 0.2) is 12.3 Å². The molecule has 0 bridgehead atoms. The number of anilines is 1. The van der Waals surface area contributed by atoms with Crippen molar-refractivity contribution in [2.75, 3.05) is 24.5 Å². The van der Waals surface area contributed by atoms with Gasteiger partial charge in [0, 0.05) is 31.4 Å². The Morgan fingerprint density at radius 1 is 1.31 bits per heavy atom. The number of hydrogen-bond acceptors (Lipinski definition) is 3. The van der Waals surface area contributed by atoms with E-state index < -0.39 is 0 Å².